The van der Waals surface area contributed by atoms with Gasteiger partial charge in [0.05, 0.1) is 11.1 Å². The van der Waals surface area contributed by atoms with Crippen molar-refractivity contribution in [3.8, 4) is 5.69 Å². The molecule has 3 nitrogen and oxygen atoms in total. The monoisotopic (exact) mass is 251 g/mol. The van der Waals surface area contributed by atoms with E-state index >= 15 is 0 Å². The molecule has 0 saturated heterocycles. The minimum Gasteiger partial charge on any atom is -0.478 e. The molecule has 0 saturated carbocycles. The summed E-state index contributed by atoms with van der Waals surface area (Å²) in [5, 5.41) is 10.0. The van der Waals surface area contributed by atoms with Gasteiger partial charge < -0.3 is 9.67 Å². The largest absolute Gasteiger partial charge is 0.478 e. The van der Waals surface area contributed by atoms with Crippen LogP contribution in [-0.4, -0.2) is 15.6 Å². The van der Waals surface area contributed by atoms with Crippen molar-refractivity contribution >= 4 is 16.9 Å². The molecule has 0 unspecified atom stereocenters. The Labute approximate surface area is 110 Å². The molecule has 0 atom stereocenters. The van der Waals surface area contributed by atoms with Crippen molar-refractivity contribution in [2.75, 3.05) is 0 Å². The molecule has 0 fully saturated rings. The highest BCUT2D eigenvalue weighted by Gasteiger charge is 2.14. The molecule has 0 amide bonds. The second-order valence-electron chi connectivity index (χ2n) is 4.57. The number of aromatic carboxylic acids is 1. The van der Waals surface area contributed by atoms with Gasteiger partial charge in [-0.1, -0.05) is 35.9 Å². The molecule has 0 aliphatic rings. The van der Waals surface area contributed by atoms with Crippen molar-refractivity contribution in [3.05, 3.63) is 65.9 Å². The Morgan fingerprint density at radius 2 is 1.74 bits per heavy atom. The average molecular weight is 251 g/mol. The number of nitrogens with zero attached hydrogens (tertiary/aromatic N) is 1. The lowest BCUT2D eigenvalue weighted by atomic mass is 10.2. The van der Waals surface area contributed by atoms with Gasteiger partial charge in [-0.05, 0) is 25.1 Å². The van der Waals surface area contributed by atoms with Crippen LogP contribution in [0.4, 0.5) is 0 Å². The molecule has 0 radical (unpaired) electrons. The lowest BCUT2D eigenvalue weighted by molar-refractivity contribution is 0.0699. The number of aromatic nitrogens is 1. The number of aryl methyl sites for hydroxylation is 1. The zero-order valence-electron chi connectivity index (χ0n) is 10.5. The quantitative estimate of drug-likeness (QED) is 0.755. The van der Waals surface area contributed by atoms with Gasteiger partial charge in [0.1, 0.15) is 0 Å². The Bertz CT molecular complexity index is 754. The van der Waals surface area contributed by atoms with Crippen LogP contribution < -0.4 is 0 Å². The Morgan fingerprint density at radius 3 is 2.42 bits per heavy atom. The maximum Gasteiger partial charge on any atom is 0.337 e. The molecular formula is C16H13NO2. The van der Waals surface area contributed by atoms with Gasteiger partial charge in [0.25, 0.3) is 0 Å². The highest BCUT2D eigenvalue weighted by atomic mass is 16.4. The van der Waals surface area contributed by atoms with Crippen molar-refractivity contribution in [3.63, 3.8) is 0 Å². The van der Waals surface area contributed by atoms with Crippen molar-refractivity contribution in [1.29, 1.82) is 0 Å². The average Bonchev–Trinajstić information content (AvgIpc) is 2.79. The summed E-state index contributed by atoms with van der Waals surface area (Å²) in [6.45, 7) is 2.03. The molecule has 94 valence electrons. The molecule has 0 aliphatic heterocycles. The maximum absolute atomic E-state index is 11.3. The van der Waals surface area contributed by atoms with Crippen LogP contribution in [0.1, 0.15) is 15.9 Å². The minimum atomic E-state index is -0.901. The Balaban J connectivity index is 2.29. The predicted octanol–water partition coefficient (Wildman–Crippen LogP) is 3.64. The van der Waals surface area contributed by atoms with Crippen molar-refractivity contribution in [2.24, 2.45) is 0 Å². The van der Waals surface area contributed by atoms with Crippen LogP contribution in [-0.2, 0) is 0 Å². The van der Waals surface area contributed by atoms with Gasteiger partial charge in [-0.2, -0.15) is 0 Å². The van der Waals surface area contributed by atoms with E-state index in [-0.39, 0.29) is 0 Å². The molecule has 3 heteroatoms. The Hall–Kier alpha value is -2.55. The van der Waals surface area contributed by atoms with Crippen LogP contribution >= 0.6 is 0 Å². The number of carboxylic acids is 1. The van der Waals surface area contributed by atoms with Crippen LogP contribution in [0.3, 0.4) is 0 Å². The van der Waals surface area contributed by atoms with Crippen LogP contribution in [0.25, 0.3) is 16.6 Å². The van der Waals surface area contributed by atoms with Gasteiger partial charge in [-0.3, -0.25) is 0 Å². The molecule has 19 heavy (non-hydrogen) atoms. The minimum absolute atomic E-state index is 0.330. The highest BCUT2D eigenvalue weighted by molar-refractivity contribution is 6.04. The molecule has 3 aromatic rings. The summed E-state index contributed by atoms with van der Waals surface area (Å²) in [4.78, 5) is 11.3. The summed E-state index contributed by atoms with van der Waals surface area (Å²) < 4.78 is 1.91. The number of hydrogen-bond acceptors (Lipinski definition) is 1. The Kier molecular flexibility index (Phi) is 2.60. The highest BCUT2D eigenvalue weighted by Crippen LogP contribution is 2.25. The zero-order valence-corrected chi connectivity index (χ0v) is 10.5. The Morgan fingerprint density at radius 1 is 1.05 bits per heavy atom. The third kappa shape index (κ3) is 1.89. The molecule has 0 spiro atoms. The fourth-order valence-electron chi connectivity index (χ4n) is 2.27. The fourth-order valence-corrected chi connectivity index (χ4v) is 2.27. The second kappa shape index (κ2) is 4.28. The standard InChI is InChI=1S/C16H13NO2/c1-11-6-8-12(9-7-11)17-10-14(16(18)19)13-4-2-3-5-15(13)17/h2-10H,1H3,(H,18,19). The molecule has 0 bridgehead atoms. The smallest absolute Gasteiger partial charge is 0.337 e. The summed E-state index contributed by atoms with van der Waals surface area (Å²) in [6, 6.07) is 15.6. The van der Waals surface area contributed by atoms with Crippen LogP contribution in [0, 0.1) is 6.92 Å². The van der Waals surface area contributed by atoms with E-state index in [0.717, 1.165) is 16.6 Å². The first kappa shape index (κ1) is 11.5. The molecular weight excluding hydrogens is 238 g/mol. The molecule has 1 heterocycles. The van der Waals surface area contributed by atoms with Gasteiger partial charge in [0, 0.05) is 17.3 Å². The van der Waals surface area contributed by atoms with E-state index in [4.69, 9.17) is 0 Å². The van der Waals surface area contributed by atoms with Gasteiger partial charge >= 0.3 is 5.97 Å². The lowest BCUT2D eigenvalue weighted by Gasteiger charge is -2.05. The van der Waals surface area contributed by atoms with E-state index < -0.39 is 5.97 Å². The topological polar surface area (TPSA) is 42.2 Å². The molecule has 2 aromatic carbocycles. The first-order valence-corrected chi connectivity index (χ1v) is 6.07. The van der Waals surface area contributed by atoms with Crippen molar-refractivity contribution in [2.45, 2.75) is 6.92 Å². The number of fused-ring (bicyclic) bond motifs is 1. The molecule has 3 rings (SSSR count). The number of rotatable bonds is 2. The number of carbonyl (C=O) groups is 1. The molecule has 1 N–H and O–H groups in total. The van der Waals surface area contributed by atoms with E-state index in [9.17, 15) is 9.90 Å². The number of para-hydroxylation sites is 1. The van der Waals surface area contributed by atoms with E-state index in [1.165, 1.54) is 5.56 Å². The van der Waals surface area contributed by atoms with Crippen LogP contribution in [0.5, 0.6) is 0 Å². The maximum atomic E-state index is 11.3. The fraction of sp³-hybridized carbons (Fsp3) is 0.0625. The van der Waals surface area contributed by atoms with Gasteiger partial charge in [0.15, 0.2) is 0 Å². The first-order chi connectivity index (χ1) is 9.16. The van der Waals surface area contributed by atoms with Gasteiger partial charge in [0.2, 0.25) is 0 Å². The zero-order chi connectivity index (χ0) is 13.4. The third-order valence-corrected chi connectivity index (χ3v) is 3.25. The van der Waals surface area contributed by atoms with Gasteiger partial charge in [-0.25, -0.2) is 4.79 Å². The molecule has 1 aromatic heterocycles. The van der Waals surface area contributed by atoms with E-state index in [0.29, 0.717) is 5.56 Å². The second-order valence-corrected chi connectivity index (χ2v) is 4.57. The first-order valence-electron chi connectivity index (χ1n) is 6.07. The van der Waals surface area contributed by atoms with Gasteiger partial charge in [-0.15, -0.1) is 0 Å². The summed E-state index contributed by atoms with van der Waals surface area (Å²) in [5.41, 5.74) is 3.38. The van der Waals surface area contributed by atoms with Crippen LogP contribution in [0.15, 0.2) is 54.7 Å². The normalized spacial score (nSPS) is 10.8. The number of benzene rings is 2. The van der Waals surface area contributed by atoms with E-state index in [1.807, 2.05) is 60.0 Å². The summed E-state index contributed by atoms with van der Waals surface area (Å²) in [5.74, 6) is -0.901. The van der Waals surface area contributed by atoms with Crippen molar-refractivity contribution < 1.29 is 9.90 Å². The van der Waals surface area contributed by atoms with E-state index in [1.54, 1.807) is 6.20 Å². The summed E-state index contributed by atoms with van der Waals surface area (Å²) in [7, 11) is 0. The summed E-state index contributed by atoms with van der Waals surface area (Å²) in [6.07, 6.45) is 1.68. The number of hydrogen-bond donors (Lipinski definition) is 1. The third-order valence-electron chi connectivity index (χ3n) is 3.25. The molecule has 0 aliphatic carbocycles. The predicted molar refractivity (Wildman–Crippen MR) is 75.0 cm³/mol. The lowest BCUT2D eigenvalue weighted by Crippen LogP contribution is -1.95. The van der Waals surface area contributed by atoms with Crippen molar-refractivity contribution in [1.82, 2.24) is 4.57 Å². The summed E-state index contributed by atoms with van der Waals surface area (Å²) >= 11 is 0. The number of carboxylic acid groups (broad SMARTS) is 1. The van der Waals surface area contributed by atoms with Crippen LogP contribution in [0.2, 0.25) is 0 Å². The van der Waals surface area contributed by atoms with E-state index in [2.05, 4.69) is 0 Å². The SMILES string of the molecule is Cc1ccc(-n2cc(C(=O)O)c3ccccc32)cc1.